The van der Waals surface area contributed by atoms with Crippen LogP contribution in [0.3, 0.4) is 0 Å². The fourth-order valence-corrected chi connectivity index (χ4v) is 3.28. The molecule has 2 aromatic rings. The minimum Gasteiger partial charge on any atom is -0.310 e. The van der Waals surface area contributed by atoms with Gasteiger partial charge in [0.1, 0.15) is 0 Å². The van der Waals surface area contributed by atoms with E-state index in [0.29, 0.717) is 6.04 Å². The first-order chi connectivity index (χ1) is 10.0. The van der Waals surface area contributed by atoms with Crippen LogP contribution in [-0.2, 0) is 12.3 Å². The van der Waals surface area contributed by atoms with Gasteiger partial charge in [0.15, 0.2) is 0 Å². The molecule has 0 fully saturated rings. The fourth-order valence-electron chi connectivity index (χ4n) is 2.10. The summed E-state index contributed by atoms with van der Waals surface area (Å²) in [5, 5.41) is 4.27. The first-order valence-corrected chi connectivity index (χ1v) is 8.61. The molecule has 2 rings (SSSR count). The fraction of sp³-hybridized carbons (Fsp3) is 0.333. The normalized spacial score (nSPS) is 11.1. The molecule has 0 heterocycles. The molecule has 21 heavy (non-hydrogen) atoms. The van der Waals surface area contributed by atoms with Gasteiger partial charge in [-0.25, -0.2) is 0 Å². The zero-order valence-electron chi connectivity index (χ0n) is 12.8. The third-order valence-corrected chi connectivity index (χ3v) is 4.62. The molecule has 0 aliphatic rings. The molecule has 0 atom stereocenters. The van der Waals surface area contributed by atoms with Crippen LogP contribution in [-0.4, -0.2) is 6.04 Å². The van der Waals surface area contributed by atoms with Gasteiger partial charge in [-0.05, 0) is 36.2 Å². The van der Waals surface area contributed by atoms with E-state index in [9.17, 15) is 0 Å². The summed E-state index contributed by atoms with van der Waals surface area (Å²) < 4.78 is 0. The van der Waals surface area contributed by atoms with Crippen LogP contribution in [0, 0.1) is 6.92 Å². The highest BCUT2D eigenvalue weighted by Crippen LogP contribution is 2.29. The number of hydrogen-bond donors (Lipinski definition) is 1. The van der Waals surface area contributed by atoms with Crippen LogP contribution in [0.4, 0.5) is 0 Å². The van der Waals surface area contributed by atoms with E-state index in [0.717, 1.165) is 17.3 Å². The lowest BCUT2D eigenvalue weighted by atomic mass is 10.2. The second kappa shape index (κ2) is 7.88. The standard InChI is InChI=1S/C18H22ClNS/c1-13(2)20-11-16-10-17(19)7-8-18(16)21-12-15-6-4-5-14(3)9-15/h4-10,13,20H,11-12H2,1-3H3. The summed E-state index contributed by atoms with van der Waals surface area (Å²) in [6.07, 6.45) is 0. The van der Waals surface area contributed by atoms with Crippen LogP contribution in [0.15, 0.2) is 47.4 Å². The van der Waals surface area contributed by atoms with Crippen LogP contribution in [0.25, 0.3) is 0 Å². The smallest absolute Gasteiger partial charge is 0.0410 e. The monoisotopic (exact) mass is 319 g/mol. The Kier molecular flexibility index (Phi) is 6.16. The molecule has 0 unspecified atom stereocenters. The second-order valence-electron chi connectivity index (χ2n) is 5.57. The van der Waals surface area contributed by atoms with Gasteiger partial charge >= 0.3 is 0 Å². The summed E-state index contributed by atoms with van der Waals surface area (Å²) in [6, 6.07) is 15.3. The summed E-state index contributed by atoms with van der Waals surface area (Å²) in [7, 11) is 0. The first-order valence-electron chi connectivity index (χ1n) is 7.25. The van der Waals surface area contributed by atoms with E-state index >= 15 is 0 Å². The Labute approximate surface area is 137 Å². The van der Waals surface area contributed by atoms with Gasteiger partial charge in [0.2, 0.25) is 0 Å². The van der Waals surface area contributed by atoms with E-state index in [1.807, 2.05) is 17.8 Å². The molecule has 112 valence electrons. The van der Waals surface area contributed by atoms with Crippen LogP contribution in [0.2, 0.25) is 5.02 Å². The molecule has 3 heteroatoms. The maximum absolute atomic E-state index is 6.13. The Hall–Kier alpha value is -0.960. The van der Waals surface area contributed by atoms with E-state index < -0.39 is 0 Å². The van der Waals surface area contributed by atoms with Crippen molar-refractivity contribution >= 4 is 23.4 Å². The Morgan fingerprint density at radius 3 is 2.67 bits per heavy atom. The van der Waals surface area contributed by atoms with Crippen molar-refractivity contribution in [2.45, 2.75) is 44.0 Å². The second-order valence-corrected chi connectivity index (χ2v) is 7.02. The Bertz CT molecular complexity index is 596. The molecular formula is C18H22ClNS. The summed E-state index contributed by atoms with van der Waals surface area (Å²) in [5.74, 6) is 0.984. The van der Waals surface area contributed by atoms with Crippen molar-refractivity contribution < 1.29 is 0 Å². The van der Waals surface area contributed by atoms with Crippen molar-refractivity contribution in [2.75, 3.05) is 0 Å². The molecule has 0 spiro atoms. The van der Waals surface area contributed by atoms with Gasteiger partial charge in [-0.3, -0.25) is 0 Å². The largest absolute Gasteiger partial charge is 0.310 e. The topological polar surface area (TPSA) is 12.0 Å². The number of aryl methyl sites for hydroxylation is 1. The van der Waals surface area contributed by atoms with Crippen molar-refractivity contribution in [1.82, 2.24) is 5.32 Å². The van der Waals surface area contributed by atoms with Gasteiger partial charge in [0.25, 0.3) is 0 Å². The molecule has 0 aliphatic carbocycles. The summed E-state index contributed by atoms with van der Waals surface area (Å²) in [4.78, 5) is 1.30. The Morgan fingerprint density at radius 2 is 1.95 bits per heavy atom. The Balaban J connectivity index is 2.08. The third kappa shape index (κ3) is 5.39. The summed E-state index contributed by atoms with van der Waals surface area (Å²) >= 11 is 8.00. The number of thioether (sulfide) groups is 1. The number of rotatable bonds is 6. The predicted molar refractivity (Wildman–Crippen MR) is 94.2 cm³/mol. The zero-order valence-corrected chi connectivity index (χ0v) is 14.4. The third-order valence-electron chi connectivity index (χ3n) is 3.20. The van der Waals surface area contributed by atoms with Crippen LogP contribution >= 0.6 is 23.4 Å². The highest BCUT2D eigenvalue weighted by Gasteiger charge is 2.06. The molecule has 0 aliphatic heterocycles. The van der Waals surface area contributed by atoms with E-state index in [2.05, 4.69) is 62.5 Å². The van der Waals surface area contributed by atoms with Crippen molar-refractivity contribution in [3.63, 3.8) is 0 Å². The molecule has 2 aromatic carbocycles. The average molecular weight is 320 g/mol. The SMILES string of the molecule is Cc1cccc(CSc2ccc(Cl)cc2CNC(C)C)c1. The quantitative estimate of drug-likeness (QED) is 0.712. The molecule has 0 radical (unpaired) electrons. The van der Waals surface area contributed by atoms with Gasteiger partial charge in [0.05, 0.1) is 0 Å². The molecule has 1 N–H and O–H groups in total. The lowest BCUT2D eigenvalue weighted by Gasteiger charge is -2.13. The van der Waals surface area contributed by atoms with Gasteiger partial charge < -0.3 is 5.32 Å². The molecule has 0 aromatic heterocycles. The van der Waals surface area contributed by atoms with E-state index in [4.69, 9.17) is 11.6 Å². The maximum atomic E-state index is 6.13. The van der Waals surface area contributed by atoms with E-state index in [1.54, 1.807) is 0 Å². The molecule has 0 saturated carbocycles. The molecule has 1 nitrogen and oxygen atoms in total. The molecule has 0 bridgehead atoms. The molecule has 0 amide bonds. The minimum absolute atomic E-state index is 0.471. The highest BCUT2D eigenvalue weighted by atomic mass is 35.5. The van der Waals surface area contributed by atoms with E-state index in [1.165, 1.54) is 21.6 Å². The minimum atomic E-state index is 0.471. The molecular weight excluding hydrogens is 298 g/mol. The average Bonchev–Trinajstić information content (AvgIpc) is 2.44. The summed E-state index contributed by atoms with van der Waals surface area (Å²) in [5.41, 5.74) is 3.94. The van der Waals surface area contributed by atoms with Gasteiger partial charge in [-0.1, -0.05) is 55.3 Å². The van der Waals surface area contributed by atoms with Crippen molar-refractivity contribution in [1.29, 1.82) is 0 Å². The zero-order chi connectivity index (χ0) is 15.2. The van der Waals surface area contributed by atoms with Crippen LogP contribution in [0.1, 0.15) is 30.5 Å². The van der Waals surface area contributed by atoms with E-state index in [-0.39, 0.29) is 0 Å². The maximum Gasteiger partial charge on any atom is 0.0410 e. The van der Waals surface area contributed by atoms with Gasteiger partial charge in [0, 0.05) is 28.3 Å². The number of hydrogen-bond acceptors (Lipinski definition) is 2. The van der Waals surface area contributed by atoms with Gasteiger partial charge in [-0.15, -0.1) is 11.8 Å². The summed E-state index contributed by atoms with van der Waals surface area (Å²) in [6.45, 7) is 7.30. The number of benzene rings is 2. The van der Waals surface area contributed by atoms with Crippen molar-refractivity contribution in [3.8, 4) is 0 Å². The lowest BCUT2D eigenvalue weighted by Crippen LogP contribution is -2.22. The van der Waals surface area contributed by atoms with Crippen LogP contribution in [0.5, 0.6) is 0 Å². The number of halogens is 1. The highest BCUT2D eigenvalue weighted by molar-refractivity contribution is 7.98. The number of nitrogens with one attached hydrogen (secondary N) is 1. The lowest BCUT2D eigenvalue weighted by molar-refractivity contribution is 0.585. The van der Waals surface area contributed by atoms with Crippen molar-refractivity contribution in [2.24, 2.45) is 0 Å². The van der Waals surface area contributed by atoms with Crippen LogP contribution < -0.4 is 5.32 Å². The molecule has 0 saturated heterocycles. The first kappa shape index (κ1) is 16.4. The Morgan fingerprint density at radius 1 is 1.14 bits per heavy atom. The predicted octanol–water partition coefficient (Wildman–Crippen LogP) is 5.44. The van der Waals surface area contributed by atoms with Crippen molar-refractivity contribution in [3.05, 3.63) is 64.2 Å². The van der Waals surface area contributed by atoms with Gasteiger partial charge in [-0.2, -0.15) is 0 Å².